The third-order valence-corrected chi connectivity index (χ3v) is 5.56. The number of hydrogen-bond acceptors (Lipinski definition) is 3. The molecule has 1 fully saturated rings. The molecule has 0 atom stereocenters. The van der Waals surface area contributed by atoms with E-state index < -0.39 is 0 Å². The van der Waals surface area contributed by atoms with Gasteiger partial charge in [0.2, 0.25) is 0 Å². The van der Waals surface area contributed by atoms with Crippen LogP contribution in [0.25, 0.3) is 0 Å². The summed E-state index contributed by atoms with van der Waals surface area (Å²) in [4.78, 5) is 4.96. The summed E-state index contributed by atoms with van der Waals surface area (Å²) < 4.78 is 1.27. The molecule has 1 saturated carbocycles. The van der Waals surface area contributed by atoms with Gasteiger partial charge in [-0.05, 0) is 59.7 Å². The second-order valence-corrected chi connectivity index (χ2v) is 7.33. The molecule has 1 N–H and O–H groups in total. The first-order valence-electron chi connectivity index (χ1n) is 6.51. The molecule has 0 saturated heterocycles. The molecule has 1 aliphatic heterocycles. The highest BCUT2D eigenvalue weighted by molar-refractivity contribution is 14.1. The number of rotatable bonds is 1. The molecule has 3 rings (SSSR count). The van der Waals surface area contributed by atoms with Gasteiger partial charge in [-0.1, -0.05) is 31.0 Å². The van der Waals surface area contributed by atoms with E-state index in [1.54, 1.807) is 0 Å². The fraction of sp³-hybridized carbons (Fsp3) is 0.500. The van der Waals surface area contributed by atoms with Gasteiger partial charge in [0.05, 0.1) is 5.54 Å². The molecule has 1 aromatic rings. The molecule has 1 aliphatic carbocycles. The van der Waals surface area contributed by atoms with Crippen LogP contribution in [0.1, 0.15) is 32.1 Å². The molecular formula is C14H17IN2S. The van der Waals surface area contributed by atoms with Crippen molar-refractivity contribution in [2.45, 2.75) is 37.6 Å². The van der Waals surface area contributed by atoms with Gasteiger partial charge in [0, 0.05) is 15.0 Å². The Morgan fingerprint density at radius 3 is 2.56 bits per heavy atom. The van der Waals surface area contributed by atoms with Crippen molar-refractivity contribution in [3.8, 4) is 0 Å². The van der Waals surface area contributed by atoms with Crippen LogP contribution < -0.4 is 5.32 Å². The second kappa shape index (κ2) is 5.41. The molecule has 1 aromatic carbocycles. The maximum atomic E-state index is 4.96. The van der Waals surface area contributed by atoms with Gasteiger partial charge in [0.15, 0.2) is 5.17 Å². The van der Waals surface area contributed by atoms with Gasteiger partial charge >= 0.3 is 0 Å². The predicted molar refractivity (Wildman–Crippen MR) is 88.5 cm³/mol. The lowest BCUT2D eigenvalue weighted by atomic mass is 9.84. The maximum Gasteiger partial charge on any atom is 0.161 e. The number of benzene rings is 1. The van der Waals surface area contributed by atoms with E-state index in [0.29, 0.717) is 0 Å². The summed E-state index contributed by atoms with van der Waals surface area (Å²) in [6.45, 7) is 0. The Balaban J connectivity index is 1.70. The minimum Gasteiger partial charge on any atom is -0.335 e. The van der Waals surface area contributed by atoms with Crippen LogP contribution in [0.5, 0.6) is 0 Å². The monoisotopic (exact) mass is 372 g/mol. The fourth-order valence-electron chi connectivity index (χ4n) is 2.67. The average molecular weight is 372 g/mol. The topological polar surface area (TPSA) is 24.4 Å². The molecular weight excluding hydrogens is 355 g/mol. The molecule has 1 spiro atoms. The molecule has 0 bridgehead atoms. The highest BCUT2D eigenvalue weighted by atomic mass is 127. The molecule has 1 heterocycles. The van der Waals surface area contributed by atoms with Crippen molar-refractivity contribution >= 4 is 45.2 Å². The summed E-state index contributed by atoms with van der Waals surface area (Å²) in [5, 5.41) is 4.56. The summed E-state index contributed by atoms with van der Waals surface area (Å²) in [7, 11) is 0. The van der Waals surface area contributed by atoms with Crippen molar-refractivity contribution < 1.29 is 0 Å². The van der Waals surface area contributed by atoms with E-state index in [4.69, 9.17) is 4.99 Å². The van der Waals surface area contributed by atoms with Crippen molar-refractivity contribution in [3.05, 3.63) is 27.8 Å². The molecule has 0 aromatic heterocycles. The zero-order valence-corrected chi connectivity index (χ0v) is 13.3. The first-order valence-corrected chi connectivity index (χ1v) is 8.58. The molecule has 2 nitrogen and oxygen atoms in total. The molecule has 18 heavy (non-hydrogen) atoms. The Labute approximate surface area is 126 Å². The Bertz CT molecular complexity index is 449. The van der Waals surface area contributed by atoms with Crippen molar-refractivity contribution in [3.63, 3.8) is 0 Å². The molecule has 96 valence electrons. The normalized spacial score (nSPS) is 21.9. The van der Waals surface area contributed by atoms with Crippen molar-refractivity contribution in [2.24, 2.45) is 4.99 Å². The largest absolute Gasteiger partial charge is 0.335 e. The number of nitrogens with one attached hydrogen (secondary N) is 1. The molecule has 0 amide bonds. The minimum atomic E-state index is 0.258. The second-order valence-electron chi connectivity index (χ2n) is 5.12. The quantitative estimate of drug-likeness (QED) is 0.734. The van der Waals surface area contributed by atoms with Gasteiger partial charge in [0.25, 0.3) is 0 Å². The van der Waals surface area contributed by atoms with Crippen LogP contribution in [-0.2, 0) is 0 Å². The van der Waals surface area contributed by atoms with E-state index in [-0.39, 0.29) is 5.54 Å². The number of aliphatic imine (C=N–C) groups is 1. The van der Waals surface area contributed by atoms with E-state index in [0.717, 1.165) is 10.9 Å². The van der Waals surface area contributed by atoms with E-state index in [1.807, 2.05) is 11.8 Å². The number of hydrogen-bond donors (Lipinski definition) is 1. The number of thioether (sulfide) groups is 1. The van der Waals surface area contributed by atoms with Gasteiger partial charge in [-0.3, -0.25) is 4.99 Å². The smallest absolute Gasteiger partial charge is 0.161 e. The fourth-order valence-corrected chi connectivity index (χ4v) is 4.24. The molecule has 2 aliphatic rings. The maximum absolute atomic E-state index is 4.96. The number of anilines is 1. The van der Waals surface area contributed by atoms with Crippen LogP contribution in [0.3, 0.4) is 0 Å². The lowest BCUT2D eigenvalue weighted by Crippen LogP contribution is -2.29. The van der Waals surface area contributed by atoms with Crippen molar-refractivity contribution in [2.75, 3.05) is 11.1 Å². The minimum absolute atomic E-state index is 0.258. The Morgan fingerprint density at radius 2 is 1.83 bits per heavy atom. The summed E-state index contributed by atoms with van der Waals surface area (Å²) in [6, 6.07) is 8.49. The van der Waals surface area contributed by atoms with Gasteiger partial charge in [-0.2, -0.15) is 0 Å². The molecule has 0 unspecified atom stereocenters. The number of amidine groups is 1. The number of halogens is 1. The van der Waals surface area contributed by atoms with Gasteiger partial charge in [-0.15, -0.1) is 0 Å². The first-order chi connectivity index (χ1) is 8.76. The van der Waals surface area contributed by atoms with Gasteiger partial charge in [0.1, 0.15) is 0 Å². The van der Waals surface area contributed by atoms with Crippen LogP contribution in [0, 0.1) is 3.57 Å². The standard InChI is InChI=1S/C14H17IN2S/c15-11-4-6-12(7-5-11)16-13-17-14(10-18-13)8-2-1-3-9-14/h4-7H,1-3,8-10H2,(H,16,17). The molecule has 0 radical (unpaired) electrons. The third-order valence-electron chi connectivity index (χ3n) is 3.70. The molecule has 4 heteroatoms. The van der Waals surface area contributed by atoms with Crippen molar-refractivity contribution in [1.29, 1.82) is 0 Å². The lowest BCUT2D eigenvalue weighted by molar-refractivity contribution is 0.335. The third kappa shape index (κ3) is 2.85. The SMILES string of the molecule is Ic1ccc(NC2=NC3(CCCCC3)CS2)cc1. The Kier molecular flexibility index (Phi) is 3.84. The highest BCUT2D eigenvalue weighted by Gasteiger charge is 2.36. The lowest BCUT2D eigenvalue weighted by Gasteiger charge is -2.29. The average Bonchev–Trinajstić information content (AvgIpc) is 2.76. The van der Waals surface area contributed by atoms with E-state index in [1.165, 1.54) is 41.4 Å². The van der Waals surface area contributed by atoms with E-state index >= 15 is 0 Å². The Morgan fingerprint density at radius 1 is 1.11 bits per heavy atom. The summed E-state index contributed by atoms with van der Waals surface area (Å²) >= 11 is 4.21. The zero-order chi connectivity index (χ0) is 12.4. The van der Waals surface area contributed by atoms with Crippen LogP contribution in [0.15, 0.2) is 29.3 Å². The van der Waals surface area contributed by atoms with Crippen LogP contribution in [0.4, 0.5) is 5.69 Å². The highest BCUT2D eigenvalue weighted by Crippen LogP contribution is 2.39. The summed E-state index contributed by atoms with van der Waals surface area (Å²) in [5.74, 6) is 1.17. The van der Waals surface area contributed by atoms with Crippen LogP contribution in [0.2, 0.25) is 0 Å². The van der Waals surface area contributed by atoms with Gasteiger partial charge in [-0.25, -0.2) is 0 Å². The van der Waals surface area contributed by atoms with E-state index in [9.17, 15) is 0 Å². The number of nitrogens with zero attached hydrogens (tertiary/aromatic N) is 1. The van der Waals surface area contributed by atoms with Gasteiger partial charge < -0.3 is 5.32 Å². The van der Waals surface area contributed by atoms with Crippen molar-refractivity contribution in [1.82, 2.24) is 0 Å². The summed E-state index contributed by atoms with van der Waals surface area (Å²) in [6.07, 6.45) is 6.64. The Hall–Kier alpha value is -0.230. The zero-order valence-electron chi connectivity index (χ0n) is 10.3. The summed E-state index contributed by atoms with van der Waals surface area (Å²) in [5.41, 5.74) is 1.41. The van der Waals surface area contributed by atoms with Crippen LogP contribution >= 0.6 is 34.4 Å². The van der Waals surface area contributed by atoms with Crippen LogP contribution in [-0.4, -0.2) is 16.5 Å². The predicted octanol–water partition coefficient (Wildman–Crippen LogP) is 4.51. The first kappa shape index (κ1) is 12.8. The van der Waals surface area contributed by atoms with E-state index in [2.05, 4.69) is 52.2 Å².